The molecule has 2 rings (SSSR count). The summed E-state index contributed by atoms with van der Waals surface area (Å²) < 4.78 is 5.20. The Morgan fingerprint density at radius 1 is 1.00 bits per heavy atom. The van der Waals surface area contributed by atoms with Crippen LogP contribution in [0, 0.1) is 13.8 Å². The summed E-state index contributed by atoms with van der Waals surface area (Å²) in [6.07, 6.45) is 0. The summed E-state index contributed by atoms with van der Waals surface area (Å²) in [5.74, 6) is -0.260. The number of carbonyl (C=O) groups excluding carboxylic acids is 2. The molecule has 1 amide bonds. The fourth-order valence-electron chi connectivity index (χ4n) is 2.35. The molecule has 25 heavy (non-hydrogen) atoms. The zero-order chi connectivity index (χ0) is 18.4. The monoisotopic (exact) mass is 339 g/mol. The Balaban J connectivity index is 1.80. The van der Waals surface area contributed by atoms with Gasteiger partial charge in [0.1, 0.15) is 13.2 Å². The van der Waals surface area contributed by atoms with Crippen molar-refractivity contribution < 1.29 is 14.3 Å². The first kappa shape index (κ1) is 18.7. The van der Waals surface area contributed by atoms with E-state index in [1.807, 2.05) is 50.2 Å². The summed E-state index contributed by atoms with van der Waals surface area (Å²) in [6.45, 7) is 8.26. The van der Waals surface area contributed by atoms with E-state index >= 15 is 0 Å². The van der Waals surface area contributed by atoms with Gasteiger partial charge in [-0.2, -0.15) is 0 Å². The average molecular weight is 339 g/mol. The van der Waals surface area contributed by atoms with E-state index in [0.29, 0.717) is 11.5 Å². The van der Waals surface area contributed by atoms with Gasteiger partial charge in [0, 0.05) is 5.56 Å². The van der Waals surface area contributed by atoms with Crippen molar-refractivity contribution in [2.24, 2.45) is 0 Å². The Kier molecular flexibility index (Phi) is 6.34. The quantitative estimate of drug-likeness (QED) is 0.812. The lowest BCUT2D eigenvalue weighted by molar-refractivity contribution is -0.143. The molecule has 0 spiro atoms. The molecule has 2 aromatic carbocycles. The molecule has 0 saturated carbocycles. The second-order valence-corrected chi connectivity index (χ2v) is 6.54. The highest BCUT2D eigenvalue weighted by molar-refractivity contribution is 5.96. The van der Waals surface area contributed by atoms with E-state index in [4.69, 9.17) is 4.74 Å². The van der Waals surface area contributed by atoms with Crippen LogP contribution in [0.4, 0.5) is 0 Å². The first-order valence-electron chi connectivity index (χ1n) is 8.46. The van der Waals surface area contributed by atoms with Gasteiger partial charge in [0.2, 0.25) is 0 Å². The second kappa shape index (κ2) is 8.47. The summed E-state index contributed by atoms with van der Waals surface area (Å²) in [7, 11) is 0. The maximum Gasteiger partial charge on any atom is 0.325 e. The maximum absolute atomic E-state index is 12.1. The number of rotatable bonds is 6. The van der Waals surface area contributed by atoms with Crippen LogP contribution in [0.5, 0.6) is 0 Å². The topological polar surface area (TPSA) is 55.4 Å². The third-order valence-electron chi connectivity index (χ3n) is 4.21. The summed E-state index contributed by atoms with van der Waals surface area (Å²) in [6, 6.07) is 13.4. The van der Waals surface area contributed by atoms with Crippen LogP contribution in [0.15, 0.2) is 42.5 Å². The largest absolute Gasteiger partial charge is 0.460 e. The zero-order valence-electron chi connectivity index (χ0n) is 15.3. The molecule has 4 heteroatoms. The number of aryl methyl sites for hydroxylation is 2. The van der Waals surface area contributed by atoms with Crippen molar-refractivity contribution in [2.75, 3.05) is 6.54 Å². The fourth-order valence-corrected chi connectivity index (χ4v) is 2.35. The van der Waals surface area contributed by atoms with E-state index in [1.165, 1.54) is 5.56 Å². The average Bonchev–Trinajstić information content (AvgIpc) is 2.60. The van der Waals surface area contributed by atoms with E-state index in [-0.39, 0.29) is 19.1 Å². The zero-order valence-corrected chi connectivity index (χ0v) is 15.3. The lowest BCUT2D eigenvalue weighted by Crippen LogP contribution is -2.30. The molecule has 0 saturated heterocycles. The first-order valence-corrected chi connectivity index (χ1v) is 8.46. The van der Waals surface area contributed by atoms with Crippen molar-refractivity contribution in [3.63, 3.8) is 0 Å². The molecule has 0 aromatic heterocycles. The minimum atomic E-state index is -0.454. The Morgan fingerprint density at radius 2 is 1.68 bits per heavy atom. The summed E-state index contributed by atoms with van der Waals surface area (Å²) in [5, 5.41) is 2.59. The van der Waals surface area contributed by atoms with Gasteiger partial charge in [0.25, 0.3) is 5.91 Å². The van der Waals surface area contributed by atoms with Crippen LogP contribution in [0.2, 0.25) is 0 Å². The van der Waals surface area contributed by atoms with E-state index < -0.39 is 5.97 Å². The second-order valence-electron chi connectivity index (χ2n) is 6.54. The molecule has 0 aliphatic rings. The molecule has 132 valence electrons. The van der Waals surface area contributed by atoms with E-state index in [2.05, 4.69) is 19.2 Å². The van der Waals surface area contributed by atoms with E-state index in [9.17, 15) is 9.59 Å². The standard InChI is InChI=1S/C21H25NO3/c1-14(2)18-9-6-17(7-10-18)13-25-20(23)12-22-21(24)19-8-5-15(3)16(4)11-19/h5-11,14H,12-13H2,1-4H3,(H,22,24). The van der Waals surface area contributed by atoms with Crippen molar-refractivity contribution in [3.8, 4) is 0 Å². The molecule has 1 N–H and O–H groups in total. The van der Waals surface area contributed by atoms with Crippen molar-refractivity contribution in [3.05, 3.63) is 70.3 Å². The molecule has 0 aliphatic carbocycles. The summed E-state index contributed by atoms with van der Waals surface area (Å²) in [5.41, 5.74) is 4.88. The number of amides is 1. The summed E-state index contributed by atoms with van der Waals surface area (Å²) >= 11 is 0. The Hall–Kier alpha value is -2.62. The minimum Gasteiger partial charge on any atom is -0.460 e. The van der Waals surface area contributed by atoms with Crippen molar-refractivity contribution in [1.82, 2.24) is 5.32 Å². The Labute approximate surface area is 149 Å². The number of hydrogen-bond donors (Lipinski definition) is 1. The SMILES string of the molecule is Cc1ccc(C(=O)NCC(=O)OCc2ccc(C(C)C)cc2)cc1C. The first-order chi connectivity index (χ1) is 11.9. The number of benzene rings is 2. The van der Waals surface area contributed by atoms with Gasteiger partial charge in [0.15, 0.2) is 0 Å². The number of carbonyl (C=O) groups is 2. The number of hydrogen-bond acceptors (Lipinski definition) is 3. The molecule has 0 fully saturated rings. The highest BCUT2D eigenvalue weighted by atomic mass is 16.5. The molecular weight excluding hydrogens is 314 g/mol. The number of esters is 1. The minimum absolute atomic E-state index is 0.143. The van der Waals surface area contributed by atoms with Crippen LogP contribution in [-0.4, -0.2) is 18.4 Å². The van der Waals surface area contributed by atoms with Gasteiger partial charge in [-0.1, -0.05) is 44.2 Å². The molecule has 0 atom stereocenters. The van der Waals surface area contributed by atoms with Crippen LogP contribution in [0.3, 0.4) is 0 Å². The summed E-state index contributed by atoms with van der Waals surface area (Å²) in [4.78, 5) is 23.9. The van der Waals surface area contributed by atoms with Crippen LogP contribution in [-0.2, 0) is 16.1 Å². The van der Waals surface area contributed by atoms with Gasteiger partial charge in [-0.3, -0.25) is 9.59 Å². The van der Waals surface area contributed by atoms with Crippen LogP contribution in [0.1, 0.15) is 52.4 Å². The Bertz CT molecular complexity index is 748. The molecule has 0 bridgehead atoms. The third-order valence-corrected chi connectivity index (χ3v) is 4.21. The van der Waals surface area contributed by atoms with Crippen LogP contribution < -0.4 is 5.32 Å². The lowest BCUT2D eigenvalue weighted by atomic mass is 10.0. The van der Waals surface area contributed by atoms with Crippen molar-refractivity contribution >= 4 is 11.9 Å². The molecule has 0 heterocycles. The van der Waals surface area contributed by atoms with Crippen LogP contribution in [0.25, 0.3) is 0 Å². The van der Waals surface area contributed by atoms with Gasteiger partial charge >= 0.3 is 5.97 Å². The normalized spacial score (nSPS) is 10.6. The predicted molar refractivity (Wildman–Crippen MR) is 98.6 cm³/mol. The van der Waals surface area contributed by atoms with Crippen molar-refractivity contribution in [1.29, 1.82) is 0 Å². The molecule has 0 radical (unpaired) electrons. The van der Waals surface area contributed by atoms with E-state index in [1.54, 1.807) is 6.07 Å². The molecular formula is C21H25NO3. The fraction of sp³-hybridized carbons (Fsp3) is 0.333. The van der Waals surface area contributed by atoms with Gasteiger partial charge in [0.05, 0.1) is 0 Å². The van der Waals surface area contributed by atoms with Crippen molar-refractivity contribution in [2.45, 2.75) is 40.2 Å². The lowest BCUT2D eigenvalue weighted by Gasteiger charge is -2.09. The molecule has 0 aliphatic heterocycles. The molecule has 2 aromatic rings. The Morgan fingerprint density at radius 3 is 2.28 bits per heavy atom. The smallest absolute Gasteiger partial charge is 0.325 e. The van der Waals surface area contributed by atoms with Crippen LogP contribution >= 0.6 is 0 Å². The molecule has 0 unspecified atom stereocenters. The maximum atomic E-state index is 12.1. The highest BCUT2D eigenvalue weighted by Crippen LogP contribution is 2.15. The predicted octanol–water partition coefficient (Wildman–Crippen LogP) is 3.90. The van der Waals surface area contributed by atoms with Gasteiger partial charge in [-0.15, -0.1) is 0 Å². The highest BCUT2D eigenvalue weighted by Gasteiger charge is 2.10. The number of nitrogens with one attached hydrogen (secondary N) is 1. The third kappa shape index (κ3) is 5.45. The number of ether oxygens (including phenoxy) is 1. The van der Waals surface area contributed by atoms with Gasteiger partial charge in [-0.25, -0.2) is 0 Å². The van der Waals surface area contributed by atoms with Gasteiger partial charge in [-0.05, 0) is 54.2 Å². The van der Waals surface area contributed by atoms with Gasteiger partial charge < -0.3 is 10.1 Å². The van der Waals surface area contributed by atoms with E-state index in [0.717, 1.165) is 16.7 Å². The molecule has 4 nitrogen and oxygen atoms in total.